The van der Waals surface area contributed by atoms with Gasteiger partial charge in [0.1, 0.15) is 4.90 Å². The van der Waals surface area contributed by atoms with Crippen LogP contribution >= 0.6 is 27.5 Å². The first-order valence-corrected chi connectivity index (χ1v) is 13.7. The summed E-state index contributed by atoms with van der Waals surface area (Å²) in [4.78, 5) is 22.3. The van der Waals surface area contributed by atoms with Crippen molar-refractivity contribution in [3.8, 4) is 0 Å². The number of anilines is 1. The Labute approximate surface area is 214 Å². The highest BCUT2D eigenvalue weighted by Gasteiger charge is 2.28. The monoisotopic (exact) mass is 601 g/mol. The lowest BCUT2D eigenvalue weighted by atomic mass is 10.2. The van der Waals surface area contributed by atoms with Gasteiger partial charge < -0.3 is 0 Å². The van der Waals surface area contributed by atoms with E-state index >= 15 is 0 Å². The largest absolute Gasteiger partial charge is 0.275 e. The fourth-order valence-corrected chi connectivity index (χ4v) is 6.43. The number of para-hydroxylation sites is 1. The normalized spacial score (nSPS) is 11.7. The Kier molecular flexibility index (Phi) is 7.55. The maximum absolute atomic E-state index is 13.2. The van der Waals surface area contributed by atoms with Gasteiger partial charge in [-0.2, -0.15) is 0 Å². The van der Waals surface area contributed by atoms with Crippen molar-refractivity contribution < 1.29 is 26.6 Å². The molecule has 1 amide bonds. The topological polar surface area (TPSA) is 144 Å². The zero-order valence-electron chi connectivity index (χ0n) is 18.1. The first-order valence-electron chi connectivity index (χ1n) is 9.61. The van der Waals surface area contributed by atoms with Gasteiger partial charge in [0.25, 0.3) is 31.6 Å². The van der Waals surface area contributed by atoms with Gasteiger partial charge in [0.15, 0.2) is 0 Å². The van der Waals surface area contributed by atoms with Crippen LogP contribution in [0.4, 0.5) is 11.4 Å². The van der Waals surface area contributed by atoms with Crippen molar-refractivity contribution in [3.63, 3.8) is 0 Å². The second-order valence-corrected chi connectivity index (χ2v) is 12.1. The number of halogens is 2. The van der Waals surface area contributed by atoms with Crippen molar-refractivity contribution in [2.24, 2.45) is 0 Å². The Morgan fingerprint density at radius 2 is 1.69 bits per heavy atom. The highest BCUT2D eigenvalue weighted by molar-refractivity contribution is 9.10. The minimum atomic E-state index is -4.58. The van der Waals surface area contributed by atoms with Crippen LogP contribution in [0.15, 0.2) is 74.9 Å². The average molecular weight is 603 g/mol. The summed E-state index contributed by atoms with van der Waals surface area (Å²) in [7, 11) is -7.38. The van der Waals surface area contributed by atoms with Crippen LogP contribution in [-0.4, -0.2) is 34.7 Å². The number of benzene rings is 3. The molecular formula is C21H17BrClN3O7S2. The molecule has 3 aromatic carbocycles. The molecule has 0 heterocycles. The maximum Gasteiger partial charge on any atom is 0.275 e. The van der Waals surface area contributed by atoms with Gasteiger partial charge in [-0.25, -0.2) is 21.6 Å². The van der Waals surface area contributed by atoms with Crippen molar-refractivity contribution in [1.82, 2.24) is 4.72 Å². The fourth-order valence-electron chi connectivity index (χ4n) is 2.99. The van der Waals surface area contributed by atoms with E-state index in [2.05, 4.69) is 15.9 Å². The predicted molar refractivity (Wildman–Crippen MR) is 134 cm³/mol. The van der Waals surface area contributed by atoms with Crippen LogP contribution in [0.5, 0.6) is 0 Å². The number of amides is 1. The summed E-state index contributed by atoms with van der Waals surface area (Å²) in [6.45, 7) is 1.35. The third-order valence-corrected chi connectivity index (χ3v) is 9.46. The number of nitrogens with one attached hydrogen (secondary N) is 1. The van der Waals surface area contributed by atoms with E-state index in [1.54, 1.807) is 35.1 Å². The zero-order chi connectivity index (χ0) is 26.1. The van der Waals surface area contributed by atoms with E-state index in [4.69, 9.17) is 11.6 Å². The van der Waals surface area contributed by atoms with Gasteiger partial charge >= 0.3 is 0 Å². The minimum Gasteiger partial charge on any atom is -0.269 e. The van der Waals surface area contributed by atoms with Crippen LogP contribution < -0.4 is 9.03 Å². The lowest BCUT2D eigenvalue weighted by Crippen LogP contribution is -2.31. The summed E-state index contributed by atoms with van der Waals surface area (Å²) in [6.07, 6.45) is 0. The lowest BCUT2D eigenvalue weighted by Gasteiger charge is -2.20. The van der Waals surface area contributed by atoms with Gasteiger partial charge in [0, 0.05) is 28.7 Å². The Morgan fingerprint density at radius 3 is 2.29 bits per heavy atom. The van der Waals surface area contributed by atoms with Crippen LogP contribution in [0.25, 0.3) is 0 Å². The number of nitro groups is 1. The van der Waals surface area contributed by atoms with Crippen molar-refractivity contribution >= 4 is 64.9 Å². The number of nitro benzene ring substituents is 1. The number of sulfonamides is 2. The van der Waals surface area contributed by atoms with E-state index in [9.17, 15) is 31.7 Å². The van der Waals surface area contributed by atoms with Crippen LogP contribution in [0.2, 0.25) is 5.02 Å². The number of carbonyl (C=O) groups excluding carboxylic acids is 1. The summed E-state index contributed by atoms with van der Waals surface area (Å²) >= 11 is 9.09. The lowest BCUT2D eigenvalue weighted by molar-refractivity contribution is -0.385. The van der Waals surface area contributed by atoms with E-state index in [0.717, 1.165) is 22.5 Å². The first kappa shape index (κ1) is 26.6. The van der Waals surface area contributed by atoms with E-state index in [1.165, 1.54) is 26.1 Å². The summed E-state index contributed by atoms with van der Waals surface area (Å²) in [5.41, 5.74) is -0.377. The molecule has 14 heteroatoms. The third kappa shape index (κ3) is 5.48. The Hall–Kier alpha value is -3.00. The SMILES string of the molecule is Cc1c(Cl)cc(S(=O)(=O)NC(=O)c2ccc(Br)c(S(=O)(=O)N(C)c3ccccc3)c2)cc1[N+](=O)[O-]. The van der Waals surface area contributed by atoms with Crippen LogP contribution in [0.1, 0.15) is 15.9 Å². The van der Waals surface area contributed by atoms with Gasteiger partial charge in [-0.15, -0.1) is 0 Å². The zero-order valence-corrected chi connectivity index (χ0v) is 22.1. The number of hydrogen-bond donors (Lipinski definition) is 1. The molecule has 0 fully saturated rings. The molecule has 0 aromatic heterocycles. The summed E-state index contributed by atoms with van der Waals surface area (Å²) in [5, 5.41) is 11.0. The highest BCUT2D eigenvalue weighted by atomic mass is 79.9. The molecule has 35 heavy (non-hydrogen) atoms. The number of nitrogens with zero attached hydrogens (tertiary/aromatic N) is 2. The molecule has 0 spiro atoms. The maximum atomic E-state index is 13.2. The second-order valence-electron chi connectivity index (χ2n) is 7.19. The number of rotatable bonds is 7. The summed E-state index contributed by atoms with van der Waals surface area (Å²) in [6, 6.07) is 13.5. The summed E-state index contributed by atoms with van der Waals surface area (Å²) < 4.78 is 54.8. The molecule has 0 bridgehead atoms. The smallest absolute Gasteiger partial charge is 0.269 e. The van der Waals surface area contributed by atoms with Crippen LogP contribution in [0, 0.1) is 17.0 Å². The van der Waals surface area contributed by atoms with Crippen molar-refractivity contribution in [1.29, 1.82) is 0 Å². The van der Waals surface area contributed by atoms with Gasteiger partial charge in [-0.1, -0.05) is 29.8 Å². The second kappa shape index (κ2) is 9.93. The summed E-state index contributed by atoms with van der Waals surface area (Å²) in [5.74, 6) is -1.14. The van der Waals surface area contributed by atoms with E-state index in [-0.39, 0.29) is 25.5 Å². The molecule has 3 aromatic rings. The van der Waals surface area contributed by atoms with Crippen molar-refractivity contribution in [3.05, 3.63) is 91.4 Å². The molecule has 0 atom stereocenters. The quantitative estimate of drug-likeness (QED) is 0.314. The first-order chi connectivity index (χ1) is 16.3. The highest BCUT2D eigenvalue weighted by Crippen LogP contribution is 2.31. The Morgan fingerprint density at radius 1 is 1.06 bits per heavy atom. The van der Waals surface area contributed by atoms with Crippen LogP contribution in [0.3, 0.4) is 0 Å². The van der Waals surface area contributed by atoms with Gasteiger partial charge in [-0.3, -0.25) is 19.2 Å². The molecule has 0 radical (unpaired) electrons. The third-order valence-electron chi connectivity index (χ3n) is 4.98. The van der Waals surface area contributed by atoms with Crippen molar-refractivity contribution in [2.45, 2.75) is 16.7 Å². The molecule has 0 aliphatic rings. The molecule has 0 aliphatic carbocycles. The number of hydrogen-bond acceptors (Lipinski definition) is 7. The van der Waals surface area contributed by atoms with E-state index < -0.39 is 41.5 Å². The molecular weight excluding hydrogens is 586 g/mol. The predicted octanol–water partition coefficient (Wildman–Crippen LogP) is 4.26. The molecule has 1 N–H and O–H groups in total. The van der Waals surface area contributed by atoms with E-state index in [1.807, 2.05) is 0 Å². The van der Waals surface area contributed by atoms with Gasteiger partial charge in [0.2, 0.25) is 0 Å². The molecule has 10 nitrogen and oxygen atoms in total. The van der Waals surface area contributed by atoms with E-state index in [0.29, 0.717) is 5.69 Å². The molecule has 0 unspecified atom stereocenters. The van der Waals surface area contributed by atoms with Gasteiger partial charge in [0.05, 0.1) is 20.5 Å². The fraction of sp³-hybridized carbons (Fsp3) is 0.0952. The van der Waals surface area contributed by atoms with Crippen molar-refractivity contribution in [2.75, 3.05) is 11.4 Å². The van der Waals surface area contributed by atoms with Crippen LogP contribution in [-0.2, 0) is 20.0 Å². The van der Waals surface area contributed by atoms with Gasteiger partial charge in [-0.05, 0) is 59.3 Å². The minimum absolute atomic E-state index is 0.0623. The Bertz CT molecular complexity index is 1550. The molecule has 3 rings (SSSR count). The molecule has 184 valence electrons. The Balaban J connectivity index is 1.97. The molecule has 0 saturated heterocycles. The number of carbonyl (C=O) groups is 1. The molecule has 0 saturated carbocycles. The average Bonchev–Trinajstić information content (AvgIpc) is 2.80. The molecule has 0 aliphatic heterocycles. The standard InChI is InChI=1S/C21H17BrClN3O7S2/c1-13-18(23)11-16(12-19(13)26(28)29)34(30,31)24-21(27)14-8-9-17(22)20(10-14)35(32,33)25(2)15-6-4-3-5-7-15/h3-12H,1-2H3,(H,24,27).